The van der Waals surface area contributed by atoms with E-state index in [1.54, 1.807) is 34.0 Å². The number of benzene rings is 1. The van der Waals surface area contributed by atoms with Gasteiger partial charge in [-0.3, -0.25) is 0 Å². The first kappa shape index (κ1) is 15.4. The van der Waals surface area contributed by atoms with Gasteiger partial charge in [-0.05, 0) is 34.7 Å². The van der Waals surface area contributed by atoms with E-state index in [1.165, 1.54) is 0 Å². The summed E-state index contributed by atoms with van der Waals surface area (Å²) in [6.07, 6.45) is 3.46. The Morgan fingerprint density at radius 2 is 1.81 bits per heavy atom. The summed E-state index contributed by atoms with van der Waals surface area (Å²) in [5.74, 6) is 0.540. The molecule has 2 N–H and O–H groups in total. The first-order valence-corrected chi connectivity index (χ1v) is 6.80. The second-order valence-electron chi connectivity index (χ2n) is 4.22. The number of hydrogen-bond acceptors (Lipinski definition) is 6. The van der Waals surface area contributed by atoms with Crippen LogP contribution in [-0.2, 0) is 0 Å². The van der Waals surface area contributed by atoms with Crippen LogP contribution in [0.5, 0.6) is 0 Å². The summed E-state index contributed by atoms with van der Waals surface area (Å²) >= 11 is 5.86. The molecule has 0 bridgehead atoms. The lowest BCUT2D eigenvalue weighted by Crippen LogP contribution is -2.24. The third-order valence-corrected chi connectivity index (χ3v) is 3.03. The molecule has 0 saturated heterocycles. The highest BCUT2D eigenvalue weighted by Crippen LogP contribution is 2.14. The van der Waals surface area contributed by atoms with E-state index in [0.29, 0.717) is 23.9 Å². The zero-order valence-corrected chi connectivity index (χ0v) is 12.1. The summed E-state index contributed by atoms with van der Waals surface area (Å²) in [5, 5.41) is 30.1. The summed E-state index contributed by atoms with van der Waals surface area (Å²) in [6.45, 7) is 0.873. The summed E-state index contributed by atoms with van der Waals surface area (Å²) in [6, 6.07) is 7.15. The van der Waals surface area contributed by atoms with Crippen molar-refractivity contribution >= 4 is 17.7 Å². The topological polar surface area (TPSA) is 87.3 Å². The average Bonchev–Trinajstić information content (AvgIpc) is 2.94. The number of aromatic nitrogens is 4. The molecule has 0 saturated carbocycles. The minimum absolute atomic E-state index is 0.00641. The minimum atomic E-state index is 0.00641. The van der Waals surface area contributed by atoms with Crippen molar-refractivity contribution in [3.05, 3.63) is 41.3 Å². The lowest BCUT2D eigenvalue weighted by atomic mass is 10.3. The Morgan fingerprint density at radius 1 is 1.14 bits per heavy atom. The van der Waals surface area contributed by atoms with E-state index < -0.39 is 0 Å². The molecule has 1 aromatic heterocycles. The first-order chi connectivity index (χ1) is 10.2. The molecule has 2 rings (SSSR count). The number of halogens is 1. The number of aliphatic hydroxyl groups excluding tert-OH is 2. The van der Waals surface area contributed by atoms with E-state index in [0.717, 1.165) is 5.69 Å². The predicted octanol–water partition coefficient (Wildman–Crippen LogP) is 0.573. The summed E-state index contributed by atoms with van der Waals surface area (Å²) in [4.78, 5) is 1.78. The van der Waals surface area contributed by atoms with Crippen LogP contribution in [0.25, 0.3) is 11.8 Å². The molecule has 0 aliphatic rings. The fourth-order valence-electron chi connectivity index (χ4n) is 1.75. The van der Waals surface area contributed by atoms with Crippen LogP contribution in [0.4, 0.5) is 0 Å². The molecule has 0 fully saturated rings. The van der Waals surface area contributed by atoms with E-state index in [4.69, 9.17) is 21.8 Å². The van der Waals surface area contributed by atoms with Crippen LogP contribution in [0.2, 0.25) is 5.02 Å². The van der Waals surface area contributed by atoms with Crippen molar-refractivity contribution in [1.82, 2.24) is 25.1 Å². The molecule has 0 atom stereocenters. The van der Waals surface area contributed by atoms with Gasteiger partial charge in [-0.1, -0.05) is 11.6 Å². The fraction of sp³-hybridized carbons (Fsp3) is 0.308. The summed E-state index contributed by atoms with van der Waals surface area (Å²) in [7, 11) is 0. The van der Waals surface area contributed by atoms with Crippen molar-refractivity contribution in [2.75, 3.05) is 26.3 Å². The number of rotatable bonds is 7. The monoisotopic (exact) mass is 309 g/mol. The van der Waals surface area contributed by atoms with Crippen LogP contribution in [0.15, 0.2) is 30.5 Å². The Bertz CT molecular complexity index is 579. The lowest BCUT2D eigenvalue weighted by Gasteiger charge is -2.17. The van der Waals surface area contributed by atoms with Gasteiger partial charge in [-0.25, -0.2) is 0 Å². The summed E-state index contributed by atoms with van der Waals surface area (Å²) in [5.41, 5.74) is 0.792. The van der Waals surface area contributed by atoms with Crippen molar-refractivity contribution in [3.63, 3.8) is 0 Å². The third kappa shape index (κ3) is 4.25. The Balaban J connectivity index is 2.18. The molecule has 7 nitrogen and oxygen atoms in total. The van der Waals surface area contributed by atoms with Gasteiger partial charge in [0.15, 0.2) is 5.82 Å². The second kappa shape index (κ2) is 7.72. The van der Waals surface area contributed by atoms with E-state index in [1.807, 2.05) is 12.1 Å². The summed E-state index contributed by atoms with van der Waals surface area (Å²) < 4.78 is 1.57. The van der Waals surface area contributed by atoms with Crippen molar-refractivity contribution in [2.45, 2.75) is 0 Å². The first-order valence-electron chi connectivity index (χ1n) is 6.43. The number of tetrazole rings is 1. The molecule has 0 aliphatic carbocycles. The standard InChI is InChI=1S/C13H16ClN5O2/c14-11-1-3-12(4-2-11)19-13(15-16-17-19)5-6-18(7-9-20)8-10-21/h1-6,20-21H,7-10H2/b6-5+. The van der Waals surface area contributed by atoms with E-state index in [-0.39, 0.29) is 13.2 Å². The van der Waals surface area contributed by atoms with Crippen LogP contribution in [0, 0.1) is 0 Å². The van der Waals surface area contributed by atoms with Crippen molar-refractivity contribution in [3.8, 4) is 5.69 Å². The molecule has 0 amide bonds. The fourth-order valence-corrected chi connectivity index (χ4v) is 1.88. The molecular formula is C13H16ClN5O2. The Labute approximate surface area is 127 Å². The van der Waals surface area contributed by atoms with Gasteiger partial charge in [0.2, 0.25) is 0 Å². The maximum atomic E-state index is 8.96. The highest BCUT2D eigenvalue weighted by molar-refractivity contribution is 6.30. The van der Waals surface area contributed by atoms with E-state index >= 15 is 0 Å². The van der Waals surface area contributed by atoms with Crippen molar-refractivity contribution < 1.29 is 10.2 Å². The normalized spacial score (nSPS) is 11.2. The van der Waals surface area contributed by atoms with Gasteiger partial charge in [0, 0.05) is 30.4 Å². The number of hydrogen-bond donors (Lipinski definition) is 2. The van der Waals surface area contributed by atoms with Crippen molar-refractivity contribution in [1.29, 1.82) is 0 Å². The zero-order chi connectivity index (χ0) is 15.1. The van der Waals surface area contributed by atoms with Crippen LogP contribution in [0.3, 0.4) is 0 Å². The Morgan fingerprint density at radius 3 is 2.43 bits per heavy atom. The number of aliphatic hydroxyl groups is 2. The van der Waals surface area contributed by atoms with Gasteiger partial charge in [-0.15, -0.1) is 5.10 Å². The number of nitrogens with zero attached hydrogens (tertiary/aromatic N) is 5. The molecule has 1 heterocycles. The predicted molar refractivity (Wildman–Crippen MR) is 78.9 cm³/mol. The van der Waals surface area contributed by atoms with Crippen LogP contribution < -0.4 is 0 Å². The second-order valence-corrected chi connectivity index (χ2v) is 4.66. The molecule has 8 heteroatoms. The quantitative estimate of drug-likeness (QED) is 0.777. The maximum absolute atomic E-state index is 8.96. The van der Waals surface area contributed by atoms with Crippen LogP contribution >= 0.6 is 11.6 Å². The Hall–Kier alpha value is -1.96. The molecule has 112 valence electrons. The molecular weight excluding hydrogens is 294 g/mol. The third-order valence-electron chi connectivity index (χ3n) is 2.77. The van der Waals surface area contributed by atoms with E-state index in [2.05, 4.69) is 15.5 Å². The van der Waals surface area contributed by atoms with Gasteiger partial charge in [0.05, 0.1) is 18.9 Å². The highest BCUT2D eigenvalue weighted by atomic mass is 35.5. The molecule has 0 radical (unpaired) electrons. The maximum Gasteiger partial charge on any atom is 0.181 e. The van der Waals surface area contributed by atoms with E-state index in [9.17, 15) is 0 Å². The van der Waals surface area contributed by atoms with Crippen molar-refractivity contribution in [2.24, 2.45) is 0 Å². The average molecular weight is 310 g/mol. The minimum Gasteiger partial charge on any atom is -0.395 e. The SMILES string of the molecule is OCCN(/C=C/c1nnnn1-c1ccc(Cl)cc1)CCO. The van der Waals surface area contributed by atoms with Gasteiger partial charge in [-0.2, -0.15) is 4.68 Å². The van der Waals surface area contributed by atoms with Gasteiger partial charge < -0.3 is 15.1 Å². The lowest BCUT2D eigenvalue weighted by molar-refractivity contribution is 0.199. The zero-order valence-electron chi connectivity index (χ0n) is 11.3. The van der Waals surface area contributed by atoms with Gasteiger partial charge in [0.25, 0.3) is 0 Å². The molecule has 21 heavy (non-hydrogen) atoms. The van der Waals surface area contributed by atoms with Crippen LogP contribution in [0.1, 0.15) is 5.82 Å². The smallest absolute Gasteiger partial charge is 0.181 e. The molecule has 1 aromatic carbocycles. The van der Waals surface area contributed by atoms with Crippen LogP contribution in [-0.4, -0.2) is 61.6 Å². The molecule has 0 spiro atoms. The molecule has 2 aromatic rings. The molecule has 0 unspecified atom stereocenters. The highest BCUT2D eigenvalue weighted by Gasteiger charge is 2.06. The molecule has 0 aliphatic heterocycles. The van der Waals surface area contributed by atoms with Gasteiger partial charge in [0.1, 0.15) is 0 Å². The van der Waals surface area contributed by atoms with Gasteiger partial charge >= 0.3 is 0 Å². The Kier molecular flexibility index (Phi) is 5.68. The largest absolute Gasteiger partial charge is 0.395 e.